The molecule has 0 spiro atoms. The van der Waals surface area contributed by atoms with Crippen LogP contribution in [-0.2, 0) is 26.0 Å². The molecule has 0 N–H and O–H groups in total. The topological polar surface area (TPSA) is 80.8 Å². The van der Waals surface area contributed by atoms with Crippen molar-refractivity contribution >= 4 is 68.2 Å². The molecular weight excluding hydrogens is 1610 g/mol. The predicted octanol–water partition coefficient (Wildman–Crippen LogP) is 33.2. The zero-order valence-corrected chi connectivity index (χ0v) is 77.3. The van der Waals surface area contributed by atoms with Gasteiger partial charge in [0.1, 0.15) is 51.7 Å². The van der Waals surface area contributed by atoms with E-state index in [1.165, 1.54) is 16.7 Å². The lowest BCUT2D eigenvalue weighted by Gasteiger charge is -2.57. The highest BCUT2D eigenvalue weighted by Crippen LogP contribution is 2.55. The molecular formula is C119H123N5O7. The number of hydrogen-bond acceptors (Lipinski definition) is 12. The van der Waals surface area contributed by atoms with Crippen molar-refractivity contribution in [2.75, 3.05) is 57.5 Å². The van der Waals surface area contributed by atoms with Crippen LogP contribution >= 0.6 is 0 Å². The summed E-state index contributed by atoms with van der Waals surface area (Å²) in [6, 6.07) is 141. The maximum atomic E-state index is 6.83. The minimum absolute atomic E-state index is 0.120. The van der Waals surface area contributed by atoms with Crippen molar-refractivity contribution in [2.24, 2.45) is 5.41 Å². The van der Waals surface area contributed by atoms with Gasteiger partial charge in [0.05, 0.1) is 43.0 Å². The van der Waals surface area contributed by atoms with Gasteiger partial charge in [-0.2, -0.15) is 0 Å². The fraction of sp³-hybridized carbons (Fsp3) is 0.244. The number of ether oxygens (including phenoxy) is 7. The van der Waals surface area contributed by atoms with E-state index in [1.807, 2.05) is 18.2 Å². The summed E-state index contributed by atoms with van der Waals surface area (Å²) < 4.78 is 45.3. The first-order chi connectivity index (χ1) is 64.3. The molecule has 0 saturated carbocycles. The van der Waals surface area contributed by atoms with Gasteiger partial charge in [0.15, 0.2) is 0 Å². The molecule has 131 heavy (non-hydrogen) atoms. The van der Waals surface area contributed by atoms with Gasteiger partial charge in [-0.25, -0.2) is 0 Å². The van der Waals surface area contributed by atoms with Crippen molar-refractivity contribution in [2.45, 2.75) is 149 Å². The highest BCUT2D eigenvalue weighted by Gasteiger charge is 2.53. The Hall–Kier alpha value is -13.8. The second-order valence-electron chi connectivity index (χ2n) is 34.6. The molecule has 12 heteroatoms. The molecule has 0 bridgehead atoms. The number of benzene rings is 15. The van der Waals surface area contributed by atoms with E-state index in [0.29, 0.717) is 19.8 Å². The molecule has 12 nitrogen and oxygen atoms in total. The molecule has 0 radical (unpaired) electrons. The summed E-state index contributed by atoms with van der Waals surface area (Å²) in [6.07, 6.45) is 8.85. The van der Waals surface area contributed by atoms with Gasteiger partial charge < -0.3 is 57.7 Å². The molecule has 0 atom stereocenters. The van der Waals surface area contributed by atoms with Crippen LogP contribution in [0.4, 0.5) is 68.2 Å². The Morgan fingerprint density at radius 1 is 0.252 bits per heavy atom. The second kappa shape index (κ2) is 42.2. The molecule has 0 aromatic heterocycles. The summed E-state index contributed by atoms with van der Waals surface area (Å²) in [5, 5.41) is 0. The fourth-order valence-electron chi connectivity index (χ4n) is 20.0. The Morgan fingerprint density at radius 3 is 0.916 bits per heavy atom. The summed E-state index contributed by atoms with van der Waals surface area (Å²) in [7, 11) is 0. The summed E-state index contributed by atoms with van der Waals surface area (Å²) in [6.45, 7) is 24.3. The lowest BCUT2D eigenvalue weighted by Crippen LogP contribution is -2.60. The van der Waals surface area contributed by atoms with Crippen molar-refractivity contribution in [3.05, 3.63) is 417 Å². The smallest absolute Gasteiger partial charge is 0.129 e. The van der Waals surface area contributed by atoms with Crippen molar-refractivity contribution < 1.29 is 33.2 Å². The van der Waals surface area contributed by atoms with Crippen LogP contribution in [0, 0.1) is 5.41 Å². The number of unbranched alkanes of at least 4 members (excludes halogenated alkanes) is 1. The van der Waals surface area contributed by atoms with E-state index in [9.17, 15) is 0 Å². The number of rotatable bonds is 43. The van der Waals surface area contributed by atoms with Crippen LogP contribution in [-0.4, -0.2) is 38.6 Å². The van der Waals surface area contributed by atoms with E-state index >= 15 is 0 Å². The molecule has 15 aromatic rings. The molecule has 1 heterocycles. The maximum absolute atomic E-state index is 6.83. The standard InChI is InChI=1S/C119H123N5O7/c1-10-116(11-2,91-56-70-106(71-57-91)128-109-78-64-98(65-79-109)121(95-44-28-20-29-45-95)104-52-38-55-114(86-104)131-112-80-66-102(67-81-112)123(101-50-34-23-35-51-101)117(12-3,13-4)92-40-24-18-25-41-92)119(16-7,17-8)124(105-53-39-54-113(87-105)127-85-37-36-84-125-88-115(9)89-126-90-115)103-68-82-111(83-69-103)130-110-76-62-97(63-77-110)120(94-42-26-19-27-43-94)96-60-74-108(75-61-96)129-107-72-58-93(59-73-107)118(14-5,15-6)122(99-46-30-21-31-47-99)100-48-32-22-33-49-100/h18-35,38-83,86-87H,10-17,36-37,84-85,88-90H2,1-9H3. The molecule has 0 unspecified atom stereocenters. The van der Waals surface area contributed by atoms with Gasteiger partial charge in [-0.1, -0.05) is 220 Å². The van der Waals surface area contributed by atoms with Crippen LogP contribution in [0.15, 0.2) is 400 Å². The Kier molecular flexibility index (Phi) is 29.2. The van der Waals surface area contributed by atoms with Crippen LogP contribution in [0.2, 0.25) is 0 Å². The average Bonchev–Trinajstić information content (AvgIpc) is 0.717. The summed E-state index contributed by atoms with van der Waals surface area (Å²) >= 11 is 0. The molecule has 1 aliphatic heterocycles. The van der Waals surface area contributed by atoms with Crippen LogP contribution in [0.5, 0.6) is 51.7 Å². The van der Waals surface area contributed by atoms with Crippen molar-refractivity contribution in [3.63, 3.8) is 0 Å². The van der Waals surface area contributed by atoms with E-state index in [4.69, 9.17) is 33.2 Å². The van der Waals surface area contributed by atoms with Crippen molar-refractivity contribution in [1.29, 1.82) is 0 Å². The van der Waals surface area contributed by atoms with Gasteiger partial charge in [-0.15, -0.1) is 0 Å². The monoisotopic (exact) mass is 1730 g/mol. The third-order valence-corrected chi connectivity index (χ3v) is 26.9. The van der Waals surface area contributed by atoms with Gasteiger partial charge >= 0.3 is 0 Å². The summed E-state index contributed by atoms with van der Waals surface area (Å²) in [5.74, 6) is 6.75. The largest absolute Gasteiger partial charge is 0.494 e. The zero-order valence-electron chi connectivity index (χ0n) is 77.3. The highest BCUT2D eigenvalue weighted by molar-refractivity contribution is 5.80. The van der Waals surface area contributed by atoms with Crippen molar-refractivity contribution in [3.8, 4) is 51.7 Å². The molecule has 15 aromatic carbocycles. The first-order valence-corrected chi connectivity index (χ1v) is 47.0. The first kappa shape index (κ1) is 90.6. The molecule has 1 fully saturated rings. The van der Waals surface area contributed by atoms with E-state index in [0.717, 1.165) is 197 Å². The lowest BCUT2D eigenvalue weighted by atomic mass is 9.58. The summed E-state index contributed by atoms with van der Waals surface area (Å²) in [4.78, 5) is 12.1. The van der Waals surface area contributed by atoms with Crippen LogP contribution in [0.1, 0.15) is 143 Å². The third-order valence-electron chi connectivity index (χ3n) is 26.9. The highest BCUT2D eigenvalue weighted by atomic mass is 16.5. The zero-order chi connectivity index (χ0) is 90.5. The van der Waals surface area contributed by atoms with E-state index < -0.39 is 5.54 Å². The summed E-state index contributed by atoms with van der Waals surface area (Å²) in [5.41, 5.74) is 15.1. The number of anilines is 12. The molecule has 1 aliphatic rings. The Morgan fingerprint density at radius 2 is 0.542 bits per heavy atom. The molecule has 16 rings (SSSR count). The maximum Gasteiger partial charge on any atom is 0.129 e. The number of para-hydroxylation sites is 5. The van der Waals surface area contributed by atoms with Crippen molar-refractivity contribution in [1.82, 2.24) is 0 Å². The lowest BCUT2D eigenvalue weighted by molar-refractivity contribution is -0.138. The average molecular weight is 1740 g/mol. The van der Waals surface area contributed by atoms with Gasteiger partial charge in [-0.05, 0) is 311 Å². The normalized spacial score (nSPS) is 12.6. The van der Waals surface area contributed by atoms with Crippen LogP contribution < -0.4 is 48.2 Å². The quantitative estimate of drug-likeness (QED) is 0.0342. The SMILES string of the molecule is CCC(CC)(c1ccccc1)N(c1ccccc1)c1ccc(Oc2cccc(N(c3ccccc3)c3ccc(Oc4ccc(C(CC)(CC)C(CC)(CC)N(c5ccc(Oc6ccc(N(c7ccccc7)c7ccc(Oc8ccc(C(CC)(CC)N(c9ccccc9)c9ccccc9)cc8)cc7)cc6)cc5)c5cccc(OCCCCOCC6(C)COC6)c5)cc4)cc3)c2)cc1. The Balaban J connectivity index is 0.629. The molecule has 0 aliphatic carbocycles. The number of nitrogens with zero attached hydrogens (tertiary/aromatic N) is 5. The van der Waals surface area contributed by atoms with Gasteiger partial charge in [-0.3, -0.25) is 0 Å². The molecule has 0 amide bonds. The Labute approximate surface area is 776 Å². The fourth-order valence-corrected chi connectivity index (χ4v) is 20.0. The number of hydrogen-bond donors (Lipinski definition) is 0. The molecule has 1 saturated heterocycles. The minimum Gasteiger partial charge on any atom is -0.494 e. The van der Waals surface area contributed by atoms with Crippen LogP contribution in [0.25, 0.3) is 0 Å². The molecule has 666 valence electrons. The minimum atomic E-state index is -0.464. The van der Waals surface area contributed by atoms with Gasteiger partial charge in [0.2, 0.25) is 0 Å². The third kappa shape index (κ3) is 19.9. The second-order valence-corrected chi connectivity index (χ2v) is 34.6. The first-order valence-electron chi connectivity index (χ1n) is 47.0. The van der Waals surface area contributed by atoms with Gasteiger partial charge in [0.25, 0.3) is 0 Å². The van der Waals surface area contributed by atoms with E-state index in [1.54, 1.807) is 0 Å². The van der Waals surface area contributed by atoms with E-state index in [2.05, 4.69) is 469 Å². The van der Waals surface area contributed by atoms with Gasteiger partial charge in [0, 0.05) is 97.8 Å². The van der Waals surface area contributed by atoms with Crippen LogP contribution in [0.3, 0.4) is 0 Å². The predicted molar refractivity (Wildman–Crippen MR) is 542 cm³/mol. The van der Waals surface area contributed by atoms with E-state index in [-0.39, 0.29) is 21.9 Å². The Bertz CT molecular complexity index is 5980.